The van der Waals surface area contributed by atoms with Crippen molar-refractivity contribution in [1.29, 1.82) is 0 Å². The zero-order valence-electron chi connectivity index (χ0n) is 11.1. The first-order valence-electron chi connectivity index (χ1n) is 6.20. The largest absolute Gasteiger partial charge is 0.317 e. The molecular formula is C12H29N3. The van der Waals surface area contributed by atoms with Gasteiger partial charge in [-0.2, -0.15) is 0 Å². The van der Waals surface area contributed by atoms with E-state index < -0.39 is 0 Å². The summed E-state index contributed by atoms with van der Waals surface area (Å²) >= 11 is 0. The molecule has 0 radical (unpaired) electrons. The Bertz CT molecular complexity index is 126. The Morgan fingerprint density at radius 1 is 0.867 bits per heavy atom. The first kappa shape index (κ1) is 14.9. The number of nitrogens with one attached hydrogen (secondary N) is 1. The first-order chi connectivity index (χ1) is 7.16. The molecular weight excluding hydrogens is 186 g/mol. The highest BCUT2D eigenvalue weighted by Gasteiger charge is 1.98. The molecule has 92 valence electrons. The van der Waals surface area contributed by atoms with E-state index in [4.69, 9.17) is 0 Å². The maximum atomic E-state index is 3.36. The molecule has 0 amide bonds. The van der Waals surface area contributed by atoms with E-state index in [-0.39, 0.29) is 0 Å². The van der Waals surface area contributed by atoms with Gasteiger partial charge in [-0.1, -0.05) is 13.3 Å². The maximum Gasteiger partial charge on any atom is 0.0106 e. The summed E-state index contributed by atoms with van der Waals surface area (Å²) in [7, 11) is 6.47. The van der Waals surface area contributed by atoms with Crippen molar-refractivity contribution in [2.75, 3.05) is 53.9 Å². The van der Waals surface area contributed by atoms with Crippen molar-refractivity contribution >= 4 is 0 Å². The van der Waals surface area contributed by atoms with Crippen LogP contribution >= 0.6 is 0 Å². The van der Waals surface area contributed by atoms with Crippen molar-refractivity contribution in [3.8, 4) is 0 Å². The molecule has 0 aromatic carbocycles. The van der Waals surface area contributed by atoms with Crippen LogP contribution in [0, 0.1) is 0 Å². The van der Waals surface area contributed by atoms with Gasteiger partial charge in [-0.05, 0) is 53.6 Å². The van der Waals surface area contributed by atoms with Gasteiger partial charge in [0, 0.05) is 13.1 Å². The van der Waals surface area contributed by atoms with Crippen LogP contribution in [0.3, 0.4) is 0 Å². The van der Waals surface area contributed by atoms with Crippen molar-refractivity contribution in [2.45, 2.75) is 26.2 Å². The normalized spacial score (nSPS) is 11.6. The van der Waals surface area contributed by atoms with Crippen LogP contribution in [0.1, 0.15) is 26.2 Å². The number of unbranched alkanes of at least 4 members (excludes halogenated alkanes) is 2. The fourth-order valence-electron chi connectivity index (χ4n) is 1.47. The zero-order valence-corrected chi connectivity index (χ0v) is 11.1. The SMILES string of the molecule is CCNCCCCCN(C)CCN(C)C. The second-order valence-corrected chi connectivity index (χ2v) is 4.52. The Hall–Kier alpha value is -0.120. The summed E-state index contributed by atoms with van der Waals surface area (Å²) in [6.07, 6.45) is 3.99. The summed E-state index contributed by atoms with van der Waals surface area (Å²) < 4.78 is 0. The molecule has 0 aliphatic heterocycles. The highest BCUT2D eigenvalue weighted by molar-refractivity contribution is 4.55. The highest BCUT2D eigenvalue weighted by atomic mass is 15.1. The lowest BCUT2D eigenvalue weighted by molar-refractivity contribution is 0.277. The Morgan fingerprint density at radius 3 is 2.20 bits per heavy atom. The van der Waals surface area contributed by atoms with Gasteiger partial charge in [0.15, 0.2) is 0 Å². The van der Waals surface area contributed by atoms with Crippen LogP contribution < -0.4 is 5.32 Å². The second-order valence-electron chi connectivity index (χ2n) is 4.52. The van der Waals surface area contributed by atoms with Crippen LogP contribution in [-0.4, -0.2) is 63.7 Å². The molecule has 0 rings (SSSR count). The minimum Gasteiger partial charge on any atom is -0.317 e. The summed E-state index contributed by atoms with van der Waals surface area (Å²) in [6.45, 7) is 8.02. The Labute approximate surface area is 95.8 Å². The van der Waals surface area contributed by atoms with Crippen molar-refractivity contribution in [3.05, 3.63) is 0 Å². The Kier molecular flexibility index (Phi) is 10.3. The van der Waals surface area contributed by atoms with E-state index in [9.17, 15) is 0 Å². The minimum absolute atomic E-state index is 1.10. The second kappa shape index (κ2) is 10.4. The molecule has 0 aliphatic rings. The molecule has 15 heavy (non-hydrogen) atoms. The fraction of sp³-hybridized carbons (Fsp3) is 1.00. The van der Waals surface area contributed by atoms with Crippen molar-refractivity contribution < 1.29 is 0 Å². The number of hydrogen-bond acceptors (Lipinski definition) is 3. The van der Waals surface area contributed by atoms with Gasteiger partial charge >= 0.3 is 0 Å². The highest BCUT2D eigenvalue weighted by Crippen LogP contribution is 1.96. The van der Waals surface area contributed by atoms with E-state index in [2.05, 4.69) is 43.2 Å². The van der Waals surface area contributed by atoms with Gasteiger partial charge in [-0.25, -0.2) is 0 Å². The van der Waals surface area contributed by atoms with E-state index in [1.165, 1.54) is 38.9 Å². The van der Waals surface area contributed by atoms with Crippen molar-refractivity contribution in [2.24, 2.45) is 0 Å². The van der Waals surface area contributed by atoms with Gasteiger partial charge in [0.2, 0.25) is 0 Å². The summed E-state index contributed by atoms with van der Waals surface area (Å²) in [4.78, 5) is 4.66. The fourth-order valence-corrected chi connectivity index (χ4v) is 1.47. The monoisotopic (exact) mass is 215 g/mol. The molecule has 0 aromatic heterocycles. The number of hydrogen-bond donors (Lipinski definition) is 1. The summed E-state index contributed by atoms with van der Waals surface area (Å²) in [5, 5.41) is 3.36. The average molecular weight is 215 g/mol. The molecule has 0 saturated heterocycles. The van der Waals surface area contributed by atoms with E-state index in [1.807, 2.05) is 0 Å². The molecule has 0 heterocycles. The Morgan fingerprint density at radius 2 is 1.60 bits per heavy atom. The maximum absolute atomic E-state index is 3.36. The molecule has 0 aliphatic carbocycles. The lowest BCUT2D eigenvalue weighted by Crippen LogP contribution is -2.29. The third-order valence-corrected chi connectivity index (χ3v) is 2.57. The molecule has 0 spiro atoms. The van der Waals surface area contributed by atoms with Crippen molar-refractivity contribution in [1.82, 2.24) is 15.1 Å². The predicted octanol–water partition coefficient (Wildman–Crippen LogP) is 1.26. The lowest BCUT2D eigenvalue weighted by atomic mass is 10.2. The van der Waals surface area contributed by atoms with Crippen molar-refractivity contribution in [3.63, 3.8) is 0 Å². The van der Waals surface area contributed by atoms with Gasteiger partial charge in [0.05, 0.1) is 0 Å². The molecule has 0 unspecified atom stereocenters. The van der Waals surface area contributed by atoms with Gasteiger partial charge in [0.25, 0.3) is 0 Å². The van der Waals surface area contributed by atoms with Gasteiger partial charge in [-0.15, -0.1) is 0 Å². The van der Waals surface area contributed by atoms with Gasteiger partial charge < -0.3 is 15.1 Å². The van der Waals surface area contributed by atoms with Gasteiger partial charge in [0.1, 0.15) is 0 Å². The average Bonchev–Trinajstić information content (AvgIpc) is 2.20. The van der Waals surface area contributed by atoms with E-state index in [1.54, 1.807) is 0 Å². The third kappa shape index (κ3) is 11.8. The van der Waals surface area contributed by atoms with E-state index in [0.717, 1.165) is 13.1 Å². The van der Waals surface area contributed by atoms with E-state index >= 15 is 0 Å². The molecule has 3 nitrogen and oxygen atoms in total. The van der Waals surface area contributed by atoms with Crippen LogP contribution in [0.15, 0.2) is 0 Å². The Balaban J connectivity index is 3.13. The summed E-state index contributed by atoms with van der Waals surface area (Å²) in [5.74, 6) is 0. The quantitative estimate of drug-likeness (QED) is 0.554. The number of nitrogens with zero attached hydrogens (tertiary/aromatic N) is 2. The summed E-state index contributed by atoms with van der Waals surface area (Å²) in [5.41, 5.74) is 0. The predicted molar refractivity (Wildman–Crippen MR) is 68.4 cm³/mol. The standard InChI is InChI=1S/C12H29N3/c1-5-13-9-7-6-8-10-15(4)12-11-14(2)3/h13H,5-12H2,1-4H3. The molecule has 0 bridgehead atoms. The lowest BCUT2D eigenvalue weighted by Gasteiger charge is -2.19. The third-order valence-electron chi connectivity index (χ3n) is 2.57. The first-order valence-corrected chi connectivity index (χ1v) is 6.20. The van der Waals surface area contributed by atoms with E-state index in [0.29, 0.717) is 0 Å². The topological polar surface area (TPSA) is 18.5 Å². The molecule has 0 fully saturated rings. The zero-order chi connectivity index (χ0) is 11.5. The minimum atomic E-state index is 1.10. The molecule has 1 N–H and O–H groups in total. The van der Waals surface area contributed by atoms with Gasteiger partial charge in [-0.3, -0.25) is 0 Å². The molecule has 0 aromatic rings. The smallest absolute Gasteiger partial charge is 0.0106 e. The molecule has 0 saturated carbocycles. The molecule has 3 heteroatoms. The van der Waals surface area contributed by atoms with Crippen LogP contribution in [0.2, 0.25) is 0 Å². The summed E-state index contributed by atoms with van der Waals surface area (Å²) in [6, 6.07) is 0. The van der Waals surface area contributed by atoms with Crippen LogP contribution in [-0.2, 0) is 0 Å². The number of likely N-dealkylation sites (N-methyl/N-ethyl adjacent to an activating group) is 2. The van der Waals surface area contributed by atoms with Crippen LogP contribution in [0.4, 0.5) is 0 Å². The van der Waals surface area contributed by atoms with Crippen LogP contribution in [0.5, 0.6) is 0 Å². The molecule has 0 atom stereocenters. The van der Waals surface area contributed by atoms with Crippen LogP contribution in [0.25, 0.3) is 0 Å². The number of rotatable bonds is 10.